The Kier molecular flexibility index (Phi) is 4.27. The van der Waals surface area contributed by atoms with Crippen molar-refractivity contribution in [1.82, 2.24) is 4.98 Å². The molecule has 1 heterocycles. The lowest BCUT2D eigenvalue weighted by Crippen LogP contribution is -2.01. The molecule has 0 atom stereocenters. The Balaban J connectivity index is 1.63. The normalized spacial score (nSPS) is 11.0. The second kappa shape index (κ2) is 6.73. The summed E-state index contributed by atoms with van der Waals surface area (Å²) < 4.78 is 5.85. The second-order valence-corrected chi connectivity index (χ2v) is 6.58. The topological polar surface area (TPSA) is 58.3 Å². The number of hydrogen-bond acceptors (Lipinski definition) is 4. The summed E-state index contributed by atoms with van der Waals surface area (Å²) in [6, 6.07) is 18.7. The van der Waals surface area contributed by atoms with E-state index in [4.69, 9.17) is 16.0 Å². The molecule has 0 fully saturated rings. The van der Waals surface area contributed by atoms with Crippen molar-refractivity contribution in [3.63, 3.8) is 0 Å². The van der Waals surface area contributed by atoms with E-state index in [2.05, 4.69) is 10.3 Å². The molecule has 0 aliphatic carbocycles. The third kappa shape index (κ3) is 3.24. The Hall–Kier alpha value is -2.98. The van der Waals surface area contributed by atoms with Crippen LogP contribution in [0.3, 0.4) is 0 Å². The maximum atomic E-state index is 9.92. The average molecular weight is 365 g/mol. The standard InChI is InChI=1S/C21H17ClN2O2/c1-13-6-7-14(21-24-18-11-16(22)8-9-20(18)26-21)10-17(13)23-12-15-4-2-3-5-19(15)25/h2-11,23,25H,12H2,1H3. The highest BCUT2D eigenvalue weighted by Gasteiger charge is 2.11. The molecule has 5 heteroatoms. The first kappa shape index (κ1) is 16.5. The van der Waals surface area contributed by atoms with Crippen molar-refractivity contribution < 1.29 is 9.52 Å². The molecule has 0 aliphatic rings. The van der Waals surface area contributed by atoms with Crippen LogP contribution in [0.2, 0.25) is 5.02 Å². The maximum Gasteiger partial charge on any atom is 0.227 e. The van der Waals surface area contributed by atoms with Gasteiger partial charge in [0.05, 0.1) is 0 Å². The lowest BCUT2D eigenvalue weighted by atomic mass is 10.1. The van der Waals surface area contributed by atoms with Crippen LogP contribution in [-0.4, -0.2) is 10.1 Å². The van der Waals surface area contributed by atoms with Crippen molar-refractivity contribution >= 4 is 28.4 Å². The predicted molar refractivity (Wildman–Crippen MR) is 105 cm³/mol. The Bertz CT molecular complexity index is 1090. The van der Waals surface area contributed by atoms with Crippen LogP contribution >= 0.6 is 11.6 Å². The van der Waals surface area contributed by atoms with Gasteiger partial charge in [0.15, 0.2) is 5.58 Å². The molecular formula is C21H17ClN2O2. The summed E-state index contributed by atoms with van der Waals surface area (Å²) >= 11 is 6.02. The van der Waals surface area contributed by atoms with E-state index in [9.17, 15) is 5.11 Å². The van der Waals surface area contributed by atoms with E-state index in [-0.39, 0.29) is 5.75 Å². The first-order valence-electron chi connectivity index (χ1n) is 8.28. The van der Waals surface area contributed by atoms with Crippen LogP contribution in [0.1, 0.15) is 11.1 Å². The molecule has 3 aromatic carbocycles. The van der Waals surface area contributed by atoms with Crippen molar-refractivity contribution in [2.45, 2.75) is 13.5 Å². The molecule has 0 unspecified atom stereocenters. The van der Waals surface area contributed by atoms with Gasteiger partial charge in [0.1, 0.15) is 11.3 Å². The number of halogens is 1. The fourth-order valence-electron chi connectivity index (χ4n) is 2.82. The molecule has 0 amide bonds. The monoisotopic (exact) mass is 364 g/mol. The fourth-order valence-corrected chi connectivity index (χ4v) is 2.99. The zero-order valence-electron chi connectivity index (χ0n) is 14.2. The Morgan fingerprint density at radius 1 is 1.08 bits per heavy atom. The van der Waals surface area contributed by atoms with Crippen LogP contribution in [0.4, 0.5) is 5.69 Å². The van der Waals surface area contributed by atoms with Gasteiger partial charge in [-0.25, -0.2) is 4.98 Å². The van der Waals surface area contributed by atoms with E-state index in [0.29, 0.717) is 23.0 Å². The number of nitrogens with zero attached hydrogens (tertiary/aromatic N) is 1. The number of hydrogen-bond donors (Lipinski definition) is 2. The number of oxazole rings is 1. The van der Waals surface area contributed by atoms with Gasteiger partial charge in [-0.1, -0.05) is 35.9 Å². The maximum absolute atomic E-state index is 9.92. The number of phenolic OH excluding ortho intramolecular Hbond substituents is 1. The Morgan fingerprint density at radius 3 is 2.77 bits per heavy atom. The molecule has 0 radical (unpaired) electrons. The fraction of sp³-hybridized carbons (Fsp3) is 0.0952. The number of aryl methyl sites for hydroxylation is 1. The lowest BCUT2D eigenvalue weighted by molar-refractivity contribution is 0.469. The molecule has 4 rings (SSSR count). The smallest absolute Gasteiger partial charge is 0.227 e. The van der Waals surface area contributed by atoms with Crippen LogP contribution in [0.15, 0.2) is 65.1 Å². The predicted octanol–water partition coefficient (Wildman–Crippen LogP) is 5.77. The van der Waals surface area contributed by atoms with Crippen LogP contribution in [0, 0.1) is 6.92 Å². The lowest BCUT2D eigenvalue weighted by Gasteiger charge is -2.11. The molecule has 26 heavy (non-hydrogen) atoms. The number of rotatable bonds is 4. The number of aromatic nitrogens is 1. The molecule has 0 aliphatic heterocycles. The van der Waals surface area contributed by atoms with Gasteiger partial charge < -0.3 is 14.8 Å². The number of phenols is 1. The zero-order chi connectivity index (χ0) is 18.1. The summed E-state index contributed by atoms with van der Waals surface area (Å²) in [5, 5.41) is 13.9. The molecule has 0 spiro atoms. The number of benzene rings is 3. The quantitative estimate of drug-likeness (QED) is 0.482. The van der Waals surface area contributed by atoms with Gasteiger partial charge in [-0.3, -0.25) is 0 Å². The molecule has 0 saturated heterocycles. The third-order valence-corrected chi connectivity index (χ3v) is 4.53. The summed E-state index contributed by atoms with van der Waals surface area (Å²) in [5.74, 6) is 0.831. The third-order valence-electron chi connectivity index (χ3n) is 4.30. The first-order valence-corrected chi connectivity index (χ1v) is 8.66. The van der Waals surface area contributed by atoms with Crippen molar-refractivity contribution in [2.24, 2.45) is 0 Å². The minimum Gasteiger partial charge on any atom is -0.508 e. The van der Waals surface area contributed by atoms with Crippen molar-refractivity contribution in [3.8, 4) is 17.2 Å². The van der Waals surface area contributed by atoms with Gasteiger partial charge in [0, 0.05) is 28.4 Å². The van der Waals surface area contributed by atoms with E-state index in [1.807, 2.05) is 49.4 Å². The van der Waals surface area contributed by atoms with E-state index >= 15 is 0 Å². The minimum absolute atomic E-state index is 0.282. The first-order chi connectivity index (χ1) is 12.6. The summed E-state index contributed by atoms with van der Waals surface area (Å²) in [7, 11) is 0. The number of nitrogens with one attached hydrogen (secondary N) is 1. The molecule has 4 aromatic rings. The van der Waals surface area contributed by atoms with E-state index in [1.54, 1.807) is 18.2 Å². The highest BCUT2D eigenvalue weighted by molar-refractivity contribution is 6.31. The van der Waals surface area contributed by atoms with Crippen LogP contribution in [0.25, 0.3) is 22.6 Å². The van der Waals surface area contributed by atoms with E-state index in [0.717, 1.165) is 27.9 Å². The zero-order valence-corrected chi connectivity index (χ0v) is 14.9. The highest BCUT2D eigenvalue weighted by atomic mass is 35.5. The number of aromatic hydroxyl groups is 1. The minimum atomic E-state index is 0.282. The van der Waals surface area contributed by atoms with Gasteiger partial charge in [-0.05, 0) is 48.9 Å². The summed E-state index contributed by atoms with van der Waals surface area (Å²) in [4.78, 5) is 4.53. The number of para-hydroxylation sites is 1. The van der Waals surface area contributed by atoms with Crippen molar-refractivity contribution in [3.05, 3.63) is 76.8 Å². The van der Waals surface area contributed by atoms with Crippen molar-refractivity contribution in [1.29, 1.82) is 0 Å². The Morgan fingerprint density at radius 2 is 1.92 bits per heavy atom. The van der Waals surface area contributed by atoms with Gasteiger partial charge in [0.25, 0.3) is 0 Å². The molecule has 4 nitrogen and oxygen atoms in total. The summed E-state index contributed by atoms with van der Waals surface area (Å²) in [5.41, 5.74) is 5.22. The molecule has 0 bridgehead atoms. The van der Waals surface area contributed by atoms with Gasteiger partial charge in [-0.2, -0.15) is 0 Å². The molecular weight excluding hydrogens is 348 g/mol. The summed E-state index contributed by atoms with van der Waals surface area (Å²) in [6.45, 7) is 2.56. The molecule has 130 valence electrons. The summed E-state index contributed by atoms with van der Waals surface area (Å²) in [6.07, 6.45) is 0. The van der Waals surface area contributed by atoms with Crippen LogP contribution < -0.4 is 5.32 Å². The molecule has 1 aromatic heterocycles. The number of anilines is 1. The SMILES string of the molecule is Cc1ccc(-c2nc3cc(Cl)ccc3o2)cc1NCc1ccccc1O. The molecule has 2 N–H and O–H groups in total. The van der Waals surface area contributed by atoms with Gasteiger partial charge in [0.2, 0.25) is 5.89 Å². The van der Waals surface area contributed by atoms with Crippen LogP contribution in [-0.2, 0) is 6.54 Å². The van der Waals surface area contributed by atoms with E-state index < -0.39 is 0 Å². The van der Waals surface area contributed by atoms with Crippen molar-refractivity contribution in [2.75, 3.05) is 5.32 Å². The highest BCUT2D eigenvalue weighted by Crippen LogP contribution is 2.29. The van der Waals surface area contributed by atoms with Gasteiger partial charge in [-0.15, -0.1) is 0 Å². The Labute approximate surface area is 156 Å². The average Bonchev–Trinajstić information content (AvgIpc) is 3.05. The molecule has 0 saturated carbocycles. The van der Waals surface area contributed by atoms with Crippen LogP contribution in [0.5, 0.6) is 5.75 Å². The largest absolute Gasteiger partial charge is 0.508 e. The van der Waals surface area contributed by atoms with Gasteiger partial charge >= 0.3 is 0 Å². The number of fused-ring (bicyclic) bond motifs is 1. The van der Waals surface area contributed by atoms with E-state index in [1.165, 1.54) is 0 Å². The second-order valence-electron chi connectivity index (χ2n) is 6.14.